The first-order valence-electron chi connectivity index (χ1n) is 4.01. The largest absolute Gasteiger partial charge is 0.516 e. The lowest BCUT2D eigenvalue weighted by atomic mass is 10.2. The molecule has 0 bridgehead atoms. The zero-order valence-electron chi connectivity index (χ0n) is 7.75. The molecule has 16 heavy (non-hydrogen) atoms. The van der Waals surface area contributed by atoms with Crippen molar-refractivity contribution in [2.45, 2.75) is 11.4 Å². The predicted molar refractivity (Wildman–Crippen MR) is 54.6 cm³/mol. The van der Waals surface area contributed by atoms with E-state index in [9.17, 15) is 21.6 Å². The molecule has 1 rings (SSSR count). The highest BCUT2D eigenvalue weighted by Gasteiger charge is 2.46. The molecular weight excluding hydrogens is 267 g/mol. The number of benzene rings is 1. The second kappa shape index (κ2) is 4.50. The number of para-hydroxylation sites is 1. The second-order valence-corrected chi connectivity index (χ2v) is 4.78. The molecule has 0 radical (unpaired) electrons. The molecule has 90 valence electrons. The highest BCUT2D eigenvalue weighted by molar-refractivity contribution is 7.93. The van der Waals surface area contributed by atoms with Gasteiger partial charge >= 0.3 is 15.5 Å². The minimum absolute atomic E-state index is 0.0868. The summed E-state index contributed by atoms with van der Waals surface area (Å²) in [5, 5.41) is 0. The summed E-state index contributed by atoms with van der Waals surface area (Å²) in [6.45, 7) is 0. The van der Waals surface area contributed by atoms with Gasteiger partial charge in [0.15, 0.2) is 0 Å². The third-order valence-corrected chi connectivity index (χ3v) is 3.10. The van der Waals surface area contributed by atoms with E-state index in [1.165, 1.54) is 22.9 Å². The Bertz CT molecular complexity index is 472. The molecule has 1 aromatic rings. The van der Waals surface area contributed by atoms with E-state index in [-0.39, 0.29) is 17.1 Å². The molecule has 0 aliphatic carbocycles. The van der Waals surface area contributed by atoms with E-state index in [0.29, 0.717) is 0 Å². The van der Waals surface area contributed by atoms with Crippen molar-refractivity contribution in [3.8, 4) is 0 Å². The summed E-state index contributed by atoms with van der Waals surface area (Å²) in [4.78, 5) is 0. The summed E-state index contributed by atoms with van der Waals surface area (Å²) in [6, 6.07) is 5.59. The zero-order chi connectivity index (χ0) is 12.4. The van der Waals surface area contributed by atoms with Gasteiger partial charge in [-0.05, 0) is 11.6 Å². The van der Waals surface area contributed by atoms with E-state index in [1.54, 1.807) is 6.07 Å². The highest BCUT2D eigenvalue weighted by atomic mass is 35.5. The number of hydrogen-bond acceptors (Lipinski definition) is 2. The summed E-state index contributed by atoms with van der Waals surface area (Å²) < 4.78 is 59.3. The Morgan fingerprint density at radius 2 is 1.81 bits per heavy atom. The molecule has 0 aliphatic heterocycles. The summed E-state index contributed by atoms with van der Waals surface area (Å²) >= 11 is 5.46. The predicted octanol–water partition coefficient (Wildman–Crippen LogP) is 2.69. The summed E-state index contributed by atoms with van der Waals surface area (Å²) in [5.41, 5.74) is -5.24. The maximum Gasteiger partial charge on any atom is 0.516 e. The molecular formula is C8H7ClF3NO2S. The van der Waals surface area contributed by atoms with Crippen LogP contribution >= 0.6 is 11.6 Å². The monoisotopic (exact) mass is 273 g/mol. The van der Waals surface area contributed by atoms with Gasteiger partial charge in [-0.3, -0.25) is 4.72 Å². The first kappa shape index (κ1) is 13.1. The van der Waals surface area contributed by atoms with Gasteiger partial charge in [0, 0.05) is 5.88 Å². The van der Waals surface area contributed by atoms with Gasteiger partial charge in [-0.15, -0.1) is 11.6 Å². The van der Waals surface area contributed by atoms with E-state index >= 15 is 0 Å². The van der Waals surface area contributed by atoms with Gasteiger partial charge in [0.25, 0.3) is 0 Å². The van der Waals surface area contributed by atoms with Gasteiger partial charge in [-0.2, -0.15) is 21.6 Å². The van der Waals surface area contributed by atoms with Crippen LogP contribution in [0.15, 0.2) is 24.3 Å². The Kier molecular flexibility index (Phi) is 3.69. The Labute approximate surface area is 95.3 Å². The van der Waals surface area contributed by atoms with Crippen LogP contribution in [0.4, 0.5) is 18.9 Å². The van der Waals surface area contributed by atoms with E-state index in [2.05, 4.69) is 0 Å². The van der Waals surface area contributed by atoms with Crippen LogP contribution in [-0.4, -0.2) is 13.9 Å². The fourth-order valence-corrected chi connectivity index (χ4v) is 1.78. The van der Waals surface area contributed by atoms with Crippen molar-refractivity contribution in [2.24, 2.45) is 0 Å². The number of nitrogens with one attached hydrogen (secondary N) is 1. The molecule has 0 unspecified atom stereocenters. The Morgan fingerprint density at radius 3 is 2.31 bits per heavy atom. The molecule has 0 amide bonds. The van der Waals surface area contributed by atoms with Crippen molar-refractivity contribution in [2.75, 3.05) is 4.72 Å². The Hall–Kier alpha value is -0.950. The van der Waals surface area contributed by atoms with E-state index in [1.807, 2.05) is 0 Å². The molecule has 1 N–H and O–H groups in total. The van der Waals surface area contributed by atoms with Crippen LogP contribution < -0.4 is 4.72 Å². The molecule has 3 nitrogen and oxygen atoms in total. The molecule has 0 saturated heterocycles. The van der Waals surface area contributed by atoms with Gasteiger partial charge in [0.1, 0.15) is 0 Å². The van der Waals surface area contributed by atoms with Crippen molar-refractivity contribution >= 4 is 27.3 Å². The molecule has 1 aromatic carbocycles. The number of hydrogen-bond donors (Lipinski definition) is 1. The topological polar surface area (TPSA) is 46.2 Å². The smallest absolute Gasteiger partial charge is 0.276 e. The second-order valence-electron chi connectivity index (χ2n) is 2.84. The maximum atomic E-state index is 12.1. The average Bonchev–Trinajstić information content (AvgIpc) is 2.16. The average molecular weight is 274 g/mol. The first-order valence-corrected chi connectivity index (χ1v) is 6.02. The number of alkyl halides is 4. The van der Waals surface area contributed by atoms with Crippen LogP contribution in [0.1, 0.15) is 5.56 Å². The van der Waals surface area contributed by atoms with Crippen molar-refractivity contribution in [3.05, 3.63) is 29.8 Å². The molecule has 8 heteroatoms. The van der Waals surface area contributed by atoms with Crippen molar-refractivity contribution in [1.82, 2.24) is 0 Å². The first-order chi connectivity index (χ1) is 7.28. The van der Waals surface area contributed by atoms with Crippen LogP contribution in [0.3, 0.4) is 0 Å². The normalized spacial score (nSPS) is 12.5. The Morgan fingerprint density at radius 1 is 1.25 bits per heavy atom. The lowest BCUT2D eigenvalue weighted by molar-refractivity contribution is -0.0429. The SMILES string of the molecule is O=S(=O)(Nc1ccccc1CCl)C(F)(F)F. The van der Waals surface area contributed by atoms with Crippen LogP contribution in [0.25, 0.3) is 0 Å². The van der Waals surface area contributed by atoms with Gasteiger partial charge in [-0.1, -0.05) is 18.2 Å². The third-order valence-electron chi connectivity index (χ3n) is 1.71. The van der Waals surface area contributed by atoms with Crippen molar-refractivity contribution in [3.63, 3.8) is 0 Å². The van der Waals surface area contributed by atoms with E-state index in [0.717, 1.165) is 0 Å². The summed E-state index contributed by atoms with van der Waals surface area (Å²) in [6.07, 6.45) is 0. The molecule has 0 heterocycles. The standard InChI is InChI=1S/C8H7ClF3NO2S/c9-5-6-3-1-2-4-7(6)13-16(14,15)8(10,11)12/h1-4,13H,5H2. The van der Waals surface area contributed by atoms with Crippen LogP contribution in [0, 0.1) is 0 Å². The van der Waals surface area contributed by atoms with E-state index in [4.69, 9.17) is 11.6 Å². The van der Waals surface area contributed by atoms with Gasteiger partial charge in [0.2, 0.25) is 0 Å². The fourth-order valence-electron chi connectivity index (χ4n) is 0.939. The Balaban J connectivity index is 3.06. The minimum atomic E-state index is -5.39. The summed E-state index contributed by atoms with van der Waals surface area (Å²) in [7, 11) is -5.39. The quantitative estimate of drug-likeness (QED) is 0.861. The van der Waals surface area contributed by atoms with Crippen molar-refractivity contribution < 1.29 is 21.6 Å². The minimum Gasteiger partial charge on any atom is -0.276 e. The lowest BCUT2D eigenvalue weighted by Crippen LogP contribution is -2.30. The fraction of sp³-hybridized carbons (Fsp3) is 0.250. The third kappa shape index (κ3) is 2.79. The lowest BCUT2D eigenvalue weighted by Gasteiger charge is -2.12. The van der Waals surface area contributed by atoms with Crippen LogP contribution in [0.5, 0.6) is 0 Å². The van der Waals surface area contributed by atoms with Crippen LogP contribution in [0.2, 0.25) is 0 Å². The van der Waals surface area contributed by atoms with Gasteiger partial charge < -0.3 is 0 Å². The van der Waals surface area contributed by atoms with Gasteiger partial charge in [0.05, 0.1) is 5.69 Å². The number of anilines is 1. The zero-order valence-corrected chi connectivity index (χ0v) is 9.33. The van der Waals surface area contributed by atoms with Gasteiger partial charge in [-0.25, -0.2) is 0 Å². The summed E-state index contributed by atoms with van der Waals surface area (Å²) in [5.74, 6) is -0.0868. The van der Waals surface area contributed by atoms with Crippen molar-refractivity contribution in [1.29, 1.82) is 0 Å². The maximum absolute atomic E-state index is 12.1. The number of sulfonamides is 1. The molecule has 0 fully saturated rings. The molecule has 0 saturated carbocycles. The molecule has 0 aliphatic rings. The molecule has 0 atom stereocenters. The van der Waals surface area contributed by atoms with E-state index < -0.39 is 15.5 Å². The number of halogens is 4. The highest BCUT2D eigenvalue weighted by Crippen LogP contribution is 2.27. The van der Waals surface area contributed by atoms with Crippen LogP contribution in [-0.2, 0) is 15.9 Å². The molecule has 0 aromatic heterocycles. The number of rotatable bonds is 3. The molecule has 0 spiro atoms.